The first-order chi connectivity index (χ1) is 9.66. The Bertz CT molecular complexity index is 811. The molecule has 0 aliphatic rings. The third-order valence-electron chi connectivity index (χ3n) is 3.00. The number of rotatable bonds is 3. The summed E-state index contributed by atoms with van der Waals surface area (Å²) in [7, 11) is 0. The van der Waals surface area contributed by atoms with Gasteiger partial charge in [0.1, 0.15) is 11.9 Å². The van der Waals surface area contributed by atoms with E-state index in [1.165, 1.54) is 41.2 Å². The van der Waals surface area contributed by atoms with Gasteiger partial charge in [0.15, 0.2) is 5.65 Å². The standard InChI is InChI=1S/C13H11FN4O2/c14-10-4-2-1-3-9(10)11(19)8-18-13(20)17-6-5-15-7-12(17)16-18/h1-7,11,19H,8H2. The Morgan fingerprint density at radius 3 is 2.90 bits per heavy atom. The molecule has 0 fully saturated rings. The number of aliphatic hydroxyl groups is 1. The number of aliphatic hydroxyl groups excluding tert-OH is 1. The van der Waals surface area contributed by atoms with Crippen molar-refractivity contribution in [1.82, 2.24) is 19.2 Å². The van der Waals surface area contributed by atoms with Crippen molar-refractivity contribution in [2.24, 2.45) is 0 Å². The summed E-state index contributed by atoms with van der Waals surface area (Å²) in [5.41, 5.74) is 0.102. The molecular weight excluding hydrogens is 263 g/mol. The third-order valence-corrected chi connectivity index (χ3v) is 3.00. The molecule has 1 atom stereocenters. The molecule has 1 N–H and O–H groups in total. The van der Waals surface area contributed by atoms with Crippen molar-refractivity contribution in [3.8, 4) is 0 Å². The highest BCUT2D eigenvalue weighted by Gasteiger charge is 2.16. The van der Waals surface area contributed by atoms with Crippen molar-refractivity contribution in [2.45, 2.75) is 12.6 Å². The molecule has 3 rings (SSSR count). The van der Waals surface area contributed by atoms with E-state index in [2.05, 4.69) is 10.1 Å². The van der Waals surface area contributed by atoms with Gasteiger partial charge in [-0.3, -0.25) is 4.98 Å². The van der Waals surface area contributed by atoms with Gasteiger partial charge < -0.3 is 5.11 Å². The molecule has 102 valence electrons. The van der Waals surface area contributed by atoms with Gasteiger partial charge in [-0.2, -0.15) is 0 Å². The van der Waals surface area contributed by atoms with Crippen LogP contribution in [0.3, 0.4) is 0 Å². The summed E-state index contributed by atoms with van der Waals surface area (Å²) in [6.45, 7) is -0.124. The zero-order valence-corrected chi connectivity index (χ0v) is 10.3. The minimum atomic E-state index is -1.15. The van der Waals surface area contributed by atoms with E-state index in [1.807, 2.05) is 0 Å². The summed E-state index contributed by atoms with van der Waals surface area (Å²) in [5, 5.41) is 14.1. The van der Waals surface area contributed by atoms with Gasteiger partial charge >= 0.3 is 5.69 Å². The Balaban J connectivity index is 1.96. The summed E-state index contributed by atoms with van der Waals surface area (Å²) in [4.78, 5) is 15.9. The molecule has 0 saturated carbocycles. The summed E-state index contributed by atoms with van der Waals surface area (Å²) in [5.74, 6) is -0.515. The molecule has 3 aromatic rings. The predicted octanol–water partition coefficient (Wildman–Crippen LogP) is 0.764. The van der Waals surface area contributed by atoms with Crippen molar-refractivity contribution in [2.75, 3.05) is 0 Å². The van der Waals surface area contributed by atoms with E-state index >= 15 is 0 Å². The Morgan fingerprint density at radius 2 is 2.15 bits per heavy atom. The van der Waals surface area contributed by atoms with Crippen molar-refractivity contribution in [3.63, 3.8) is 0 Å². The van der Waals surface area contributed by atoms with Gasteiger partial charge in [-0.25, -0.2) is 18.3 Å². The lowest BCUT2D eigenvalue weighted by Crippen LogP contribution is -2.24. The van der Waals surface area contributed by atoms with Gasteiger partial charge in [0.05, 0.1) is 12.7 Å². The molecule has 0 bridgehead atoms. The van der Waals surface area contributed by atoms with Crippen LogP contribution < -0.4 is 5.69 Å². The van der Waals surface area contributed by atoms with Gasteiger partial charge in [0, 0.05) is 18.0 Å². The second-order valence-corrected chi connectivity index (χ2v) is 4.31. The predicted molar refractivity (Wildman–Crippen MR) is 68.6 cm³/mol. The van der Waals surface area contributed by atoms with E-state index in [1.54, 1.807) is 6.07 Å². The third kappa shape index (κ3) is 2.08. The average Bonchev–Trinajstić information content (AvgIpc) is 2.76. The topological polar surface area (TPSA) is 72.4 Å². The number of fused-ring (bicyclic) bond motifs is 1. The number of hydrogen-bond acceptors (Lipinski definition) is 4. The highest BCUT2D eigenvalue weighted by molar-refractivity contribution is 5.31. The van der Waals surface area contributed by atoms with Gasteiger partial charge in [-0.1, -0.05) is 18.2 Å². The maximum Gasteiger partial charge on any atom is 0.350 e. The van der Waals surface area contributed by atoms with Crippen LogP contribution >= 0.6 is 0 Å². The molecule has 0 aliphatic heterocycles. The van der Waals surface area contributed by atoms with Crippen LogP contribution in [0.2, 0.25) is 0 Å². The monoisotopic (exact) mass is 274 g/mol. The molecular formula is C13H11FN4O2. The van der Waals surface area contributed by atoms with E-state index in [0.717, 1.165) is 4.68 Å². The maximum atomic E-state index is 13.6. The molecule has 2 aromatic heterocycles. The summed E-state index contributed by atoms with van der Waals surface area (Å²) >= 11 is 0. The minimum absolute atomic E-state index is 0.124. The molecule has 2 heterocycles. The number of halogens is 1. The van der Waals surface area contributed by atoms with E-state index in [4.69, 9.17) is 0 Å². The minimum Gasteiger partial charge on any atom is -0.386 e. The van der Waals surface area contributed by atoms with Crippen LogP contribution in [0.15, 0.2) is 47.7 Å². The Morgan fingerprint density at radius 1 is 1.35 bits per heavy atom. The highest BCUT2D eigenvalue weighted by Crippen LogP contribution is 2.17. The normalized spacial score (nSPS) is 12.7. The van der Waals surface area contributed by atoms with Crippen LogP contribution in [0.1, 0.15) is 11.7 Å². The quantitative estimate of drug-likeness (QED) is 0.765. The first-order valence-electron chi connectivity index (χ1n) is 5.98. The average molecular weight is 274 g/mol. The molecule has 0 saturated heterocycles. The van der Waals surface area contributed by atoms with E-state index in [0.29, 0.717) is 5.65 Å². The van der Waals surface area contributed by atoms with Gasteiger partial charge in [0.2, 0.25) is 0 Å². The lowest BCUT2D eigenvalue weighted by molar-refractivity contribution is 0.146. The summed E-state index contributed by atoms with van der Waals surface area (Å²) < 4.78 is 16.0. The van der Waals surface area contributed by atoms with Crippen molar-refractivity contribution < 1.29 is 9.50 Å². The number of hydrogen-bond donors (Lipinski definition) is 1. The Labute approximate surface area is 112 Å². The lowest BCUT2D eigenvalue weighted by atomic mass is 10.1. The molecule has 1 aromatic carbocycles. The van der Waals surface area contributed by atoms with Crippen LogP contribution in [0.4, 0.5) is 4.39 Å². The first-order valence-corrected chi connectivity index (χ1v) is 5.98. The van der Waals surface area contributed by atoms with Gasteiger partial charge in [-0.15, -0.1) is 5.10 Å². The molecule has 0 amide bonds. The van der Waals surface area contributed by atoms with Gasteiger partial charge in [-0.05, 0) is 6.07 Å². The molecule has 6 nitrogen and oxygen atoms in total. The van der Waals surface area contributed by atoms with Crippen LogP contribution in [0.25, 0.3) is 5.65 Å². The Kier molecular flexibility index (Phi) is 3.03. The van der Waals surface area contributed by atoms with Crippen LogP contribution in [-0.4, -0.2) is 24.3 Å². The second-order valence-electron chi connectivity index (χ2n) is 4.31. The van der Waals surface area contributed by atoms with Crippen LogP contribution in [0, 0.1) is 5.82 Å². The summed E-state index contributed by atoms with van der Waals surface area (Å²) in [6.07, 6.45) is 3.24. The highest BCUT2D eigenvalue weighted by atomic mass is 19.1. The van der Waals surface area contributed by atoms with Crippen molar-refractivity contribution in [3.05, 3.63) is 64.7 Å². The molecule has 0 spiro atoms. The molecule has 0 radical (unpaired) electrons. The van der Waals surface area contributed by atoms with Crippen LogP contribution in [0.5, 0.6) is 0 Å². The maximum absolute atomic E-state index is 13.6. The molecule has 1 unspecified atom stereocenters. The largest absolute Gasteiger partial charge is 0.386 e. The molecule has 7 heteroatoms. The lowest BCUT2D eigenvalue weighted by Gasteiger charge is -2.10. The zero-order valence-electron chi connectivity index (χ0n) is 10.3. The SMILES string of the molecule is O=c1n(CC(O)c2ccccc2F)nc2cnccn12. The fourth-order valence-corrected chi connectivity index (χ4v) is 2.01. The number of nitrogens with zero attached hydrogens (tertiary/aromatic N) is 4. The molecule has 20 heavy (non-hydrogen) atoms. The zero-order chi connectivity index (χ0) is 14.1. The Hall–Kier alpha value is -2.54. The van der Waals surface area contributed by atoms with Gasteiger partial charge in [0.25, 0.3) is 0 Å². The second kappa shape index (κ2) is 4.86. The van der Waals surface area contributed by atoms with E-state index in [-0.39, 0.29) is 12.1 Å². The fraction of sp³-hybridized carbons (Fsp3) is 0.154. The van der Waals surface area contributed by atoms with Crippen molar-refractivity contribution in [1.29, 1.82) is 0 Å². The first kappa shape index (κ1) is 12.5. The number of benzene rings is 1. The fourth-order valence-electron chi connectivity index (χ4n) is 2.01. The van der Waals surface area contributed by atoms with Crippen molar-refractivity contribution >= 4 is 5.65 Å². The van der Waals surface area contributed by atoms with E-state index in [9.17, 15) is 14.3 Å². The number of aromatic nitrogens is 4. The van der Waals surface area contributed by atoms with Crippen LogP contribution in [-0.2, 0) is 6.54 Å². The smallest absolute Gasteiger partial charge is 0.350 e. The summed E-state index contributed by atoms with van der Waals surface area (Å²) in [6, 6.07) is 5.89. The molecule has 0 aliphatic carbocycles. The van der Waals surface area contributed by atoms with E-state index < -0.39 is 17.6 Å².